The molecular formula is C30H47N. The first kappa shape index (κ1) is 25.5. The van der Waals surface area contributed by atoms with Gasteiger partial charge in [-0.2, -0.15) is 0 Å². The van der Waals surface area contributed by atoms with Crippen molar-refractivity contribution in [1.29, 1.82) is 0 Å². The van der Waals surface area contributed by atoms with E-state index in [4.69, 9.17) is 0 Å². The minimum atomic E-state index is 1.20. The summed E-state index contributed by atoms with van der Waals surface area (Å²) in [5, 5.41) is 3.63. The molecule has 0 aromatic heterocycles. The highest BCUT2D eigenvalue weighted by Crippen LogP contribution is 2.21. The van der Waals surface area contributed by atoms with Crippen LogP contribution >= 0.6 is 0 Å². The Kier molecular flexibility index (Phi) is 13.9. The summed E-state index contributed by atoms with van der Waals surface area (Å²) in [5.41, 5.74) is 5.35. The Morgan fingerprint density at radius 3 is 1.29 bits per heavy atom. The fourth-order valence-corrected chi connectivity index (χ4v) is 4.35. The summed E-state index contributed by atoms with van der Waals surface area (Å²) in [5.74, 6) is 0. The van der Waals surface area contributed by atoms with Crippen LogP contribution in [0.2, 0.25) is 0 Å². The lowest BCUT2D eigenvalue weighted by Gasteiger charge is -2.10. The summed E-state index contributed by atoms with van der Waals surface area (Å²) in [6, 6.07) is 18.0. The normalized spacial score (nSPS) is 11.0. The van der Waals surface area contributed by atoms with Crippen LogP contribution in [0.1, 0.15) is 115 Å². The lowest BCUT2D eigenvalue weighted by molar-refractivity contribution is 0.589. The molecule has 2 aromatic rings. The van der Waals surface area contributed by atoms with E-state index >= 15 is 0 Å². The highest BCUT2D eigenvalue weighted by Gasteiger charge is 2.01. The second kappa shape index (κ2) is 16.9. The molecule has 0 radical (unpaired) electrons. The van der Waals surface area contributed by atoms with Gasteiger partial charge in [0, 0.05) is 11.4 Å². The summed E-state index contributed by atoms with van der Waals surface area (Å²) in [6.45, 7) is 4.57. The molecule has 1 nitrogen and oxygen atoms in total. The van der Waals surface area contributed by atoms with Crippen molar-refractivity contribution in [2.75, 3.05) is 5.32 Å². The molecule has 1 heteroatoms. The average Bonchev–Trinajstić information content (AvgIpc) is 2.78. The van der Waals surface area contributed by atoms with Gasteiger partial charge in [0.1, 0.15) is 0 Å². The summed E-state index contributed by atoms with van der Waals surface area (Å²) < 4.78 is 0. The van der Waals surface area contributed by atoms with Crippen molar-refractivity contribution in [2.24, 2.45) is 0 Å². The lowest BCUT2D eigenvalue weighted by Crippen LogP contribution is -1.94. The van der Waals surface area contributed by atoms with Gasteiger partial charge in [0.2, 0.25) is 0 Å². The van der Waals surface area contributed by atoms with Gasteiger partial charge in [-0.25, -0.2) is 0 Å². The van der Waals surface area contributed by atoms with Crippen molar-refractivity contribution in [1.82, 2.24) is 0 Å². The number of benzene rings is 2. The molecule has 0 aliphatic heterocycles. The van der Waals surface area contributed by atoms with Crippen molar-refractivity contribution < 1.29 is 0 Å². The van der Waals surface area contributed by atoms with Crippen molar-refractivity contribution >= 4 is 11.4 Å². The molecule has 0 atom stereocenters. The summed E-state index contributed by atoms with van der Waals surface area (Å²) in [7, 11) is 0. The smallest absolute Gasteiger partial charge is 0.0386 e. The van der Waals surface area contributed by atoms with Crippen LogP contribution in [0.5, 0.6) is 0 Å². The van der Waals surface area contributed by atoms with Crippen molar-refractivity contribution in [2.45, 2.75) is 117 Å². The Bertz CT molecular complexity index is 631. The quantitative estimate of drug-likeness (QED) is 0.236. The molecule has 0 fully saturated rings. The van der Waals surface area contributed by atoms with E-state index < -0.39 is 0 Å². The third kappa shape index (κ3) is 12.0. The maximum absolute atomic E-state index is 3.63. The minimum Gasteiger partial charge on any atom is -0.356 e. The first-order valence-corrected chi connectivity index (χ1v) is 13.3. The largest absolute Gasteiger partial charge is 0.356 e. The molecule has 0 saturated heterocycles. The van der Waals surface area contributed by atoms with Crippen LogP contribution in [0.25, 0.3) is 0 Å². The van der Waals surface area contributed by atoms with E-state index in [9.17, 15) is 0 Å². The molecule has 0 spiro atoms. The number of hydrogen-bond donors (Lipinski definition) is 1. The Labute approximate surface area is 193 Å². The van der Waals surface area contributed by atoms with Crippen molar-refractivity contribution in [3.05, 3.63) is 59.7 Å². The van der Waals surface area contributed by atoms with E-state index in [1.807, 2.05) is 0 Å². The number of anilines is 2. The monoisotopic (exact) mass is 421 g/mol. The molecule has 0 heterocycles. The summed E-state index contributed by atoms with van der Waals surface area (Å²) >= 11 is 0. The molecular weight excluding hydrogens is 374 g/mol. The van der Waals surface area contributed by atoms with Gasteiger partial charge in [0.05, 0.1) is 0 Å². The number of nitrogens with one attached hydrogen (secondary N) is 1. The zero-order valence-corrected chi connectivity index (χ0v) is 20.4. The Morgan fingerprint density at radius 1 is 0.484 bits per heavy atom. The lowest BCUT2D eigenvalue weighted by atomic mass is 10.0. The summed E-state index contributed by atoms with van der Waals surface area (Å²) in [4.78, 5) is 0. The fourth-order valence-electron chi connectivity index (χ4n) is 4.35. The second-order valence-electron chi connectivity index (χ2n) is 9.27. The van der Waals surface area contributed by atoms with Crippen LogP contribution < -0.4 is 5.32 Å². The molecule has 172 valence electrons. The fraction of sp³-hybridized carbons (Fsp3) is 0.600. The third-order valence-electron chi connectivity index (χ3n) is 6.28. The maximum atomic E-state index is 3.63. The topological polar surface area (TPSA) is 12.0 Å². The van der Waals surface area contributed by atoms with Crippen molar-refractivity contribution in [3.63, 3.8) is 0 Å². The molecule has 0 aliphatic carbocycles. The highest BCUT2D eigenvalue weighted by atomic mass is 14.9. The van der Waals surface area contributed by atoms with Crippen LogP contribution in [-0.2, 0) is 12.8 Å². The van der Waals surface area contributed by atoms with E-state index in [1.54, 1.807) is 0 Å². The standard InChI is InChI=1S/C30H47N/c1-3-5-7-9-11-13-15-19-27-21-17-23-29(25-27)31-30-24-18-22-28(26-30)20-16-14-12-10-8-6-4-2/h17-18,21-26,31H,3-16,19-20H2,1-2H3. The predicted octanol–water partition coefficient (Wildman–Crippen LogP) is 10.0. The zero-order valence-electron chi connectivity index (χ0n) is 20.4. The molecule has 0 bridgehead atoms. The average molecular weight is 422 g/mol. The Hall–Kier alpha value is -1.76. The van der Waals surface area contributed by atoms with Crippen LogP contribution in [-0.4, -0.2) is 0 Å². The Balaban J connectivity index is 1.71. The predicted molar refractivity (Wildman–Crippen MR) is 140 cm³/mol. The van der Waals surface area contributed by atoms with Gasteiger partial charge in [-0.3, -0.25) is 0 Å². The van der Waals surface area contributed by atoms with E-state index in [-0.39, 0.29) is 0 Å². The van der Waals surface area contributed by atoms with Crippen LogP contribution in [0, 0.1) is 0 Å². The molecule has 1 N–H and O–H groups in total. The third-order valence-corrected chi connectivity index (χ3v) is 6.28. The molecule has 0 amide bonds. The number of unbranched alkanes of at least 4 members (excludes halogenated alkanes) is 12. The van der Waals surface area contributed by atoms with Gasteiger partial charge in [-0.1, -0.05) is 115 Å². The zero-order chi connectivity index (χ0) is 22.0. The van der Waals surface area contributed by atoms with Gasteiger partial charge in [0.25, 0.3) is 0 Å². The number of aryl methyl sites for hydroxylation is 2. The number of hydrogen-bond acceptors (Lipinski definition) is 1. The highest BCUT2D eigenvalue weighted by molar-refractivity contribution is 5.61. The van der Waals surface area contributed by atoms with Crippen LogP contribution in [0.4, 0.5) is 11.4 Å². The van der Waals surface area contributed by atoms with Crippen LogP contribution in [0.3, 0.4) is 0 Å². The SMILES string of the molecule is CCCCCCCCCc1cccc(Nc2cccc(CCCCCCCCC)c2)c1. The minimum absolute atomic E-state index is 1.20. The maximum Gasteiger partial charge on any atom is 0.0386 e. The first-order chi connectivity index (χ1) is 15.3. The van der Waals surface area contributed by atoms with E-state index in [2.05, 4.69) is 67.7 Å². The van der Waals surface area contributed by atoms with Gasteiger partial charge < -0.3 is 5.32 Å². The molecule has 2 aromatic carbocycles. The first-order valence-electron chi connectivity index (χ1n) is 13.3. The molecule has 2 rings (SSSR count). The van der Waals surface area contributed by atoms with Gasteiger partial charge in [-0.05, 0) is 61.1 Å². The second-order valence-corrected chi connectivity index (χ2v) is 9.27. The van der Waals surface area contributed by atoms with Gasteiger partial charge >= 0.3 is 0 Å². The van der Waals surface area contributed by atoms with E-state index in [0.29, 0.717) is 0 Å². The Morgan fingerprint density at radius 2 is 0.871 bits per heavy atom. The van der Waals surface area contributed by atoms with Gasteiger partial charge in [-0.15, -0.1) is 0 Å². The van der Waals surface area contributed by atoms with E-state index in [0.717, 1.165) is 0 Å². The summed E-state index contributed by atoms with van der Waals surface area (Å²) in [6.07, 6.45) is 21.6. The van der Waals surface area contributed by atoms with E-state index in [1.165, 1.54) is 125 Å². The van der Waals surface area contributed by atoms with Gasteiger partial charge in [0.15, 0.2) is 0 Å². The van der Waals surface area contributed by atoms with Crippen LogP contribution in [0.15, 0.2) is 48.5 Å². The molecule has 31 heavy (non-hydrogen) atoms. The molecule has 0 aliphatic rings. The van der Waals surface area contributed by atoms with Crippen molar-refractivity contribution in [3.8, 4) is 0 Å². The molecule has 0 unspecified atom stereocenters. The molecule has 0 saturated carbocycles. The number of rotatable bonds is 18.